The van der Waals surface area contributed by atoms with Crippen molar-refractivity contribution in [1.29, 1.82) is 0 Å². The fourth-order valence-electron chi connectivity index (χ4n) is 3.02. The van der Waals surface area contributed by atoms with Crippen molar-refractivity contribution in [3.05, 3.63) is 57.1 Å². The van der Waals surface area contributed by atoms with Gasteiger partial charge in [-0.1, -0.05) is 0 Å². The van der Waals surface area contributed by atoms with Gasteiger partial charge in [-0.2, -0.15) is 0 Å². The van der Waals surface area contributed by atoms with Crippen molar-refractivity contribution in [2.45, 2.75) is 0 Å². The van der Waals surface area contributed by atoms with Crippen LogP contribution in [0.4, 0.5) is 0 Å². The highest BCUT2D eigenvalue weighted by atomic mass is 32.1. The zero-order valence-electron chi connectivity index (χ0n) is 10.6. The number of fused-ring (bicyclic) bond motifs is 7. The molecule has 0 spiro atoms. The number of nitrogens with zero attached hydrogens (tertiary/aromatic N) is 2. The maximum atomic E-state index is 12.5. The van der Waals surface area contributed by atoms with Crippen LogP contribution in [-0.2, 0) is 0 Å². The summed E-state index contributed by atoms with van der Waals surface area (Å²) in [5.41, 5.74) is 1.25. The summed E-state index contributed by atoms with van der Waals surface area (Å²) in [5, 5.41) is 2.78. The molecule has 2 aromatic carbocycles. The van der Waals surface area contributed by atoms with E-state index in [2.05, 4.69) is 9.97 Å². The maximum Gasteiger partial charge on any atom is 0.205 e. The molecule has 3 heterocycles. The number of rotatable bonds is 0. The van der Waals surface area contributed by atoms with Gasteiger partial charge in [0.15, 0.2) is 0 Å². The molecule has 4 nitrogen and oxygen atoms in total. The molecule has 21 heavy (non-hydrogen) atoms. The Labute approximate surface area is 121 Å². The lowest BCUT2D eigenvalue weighted by atomic mass is 10.2. The molecule has 3 aromatic heterocycles. The highest BCUT2D eigenvalue weighted by Crippen LogP contribution is 2.39. The molecular formula is C16H6N2O2S. The fourth-order valence-corrected chi connectivity index (χ4v) is 4.23. The van der Waals surface area contributed by atoms with Gasteiger partial charge in [-0.15, -0.1) is 11.3 Å². The molecule has 0 fully saturated rings. The smallest absolute Gasteiger partial charge is 0.205 e. The standard InChI is InChI=1S/C16H6N2O2S/c19-13-7-3-1-5-17-11(7)9-10-12-8(4-2-6-18-12)14(20)16(10)21-15(9)13/h1-6H. The SMILES string of the molecule is O=c1c2cccnc2c2c1sc1c(=O)c3cccnc3c12. The first-order chi connectivity index (χ1) is 10.3. The number of hydrogen-bond acceptors (Lipinski definition) is 5. The third-order valence-electron chi connectivity index (χ3n) is 3.90. The Balaban J connectivity index is 2.26. The molecule has 0 saturated heterocycles. The van der Waals surface area contributed by atoms with E-state index in [0.717, 1.165) is 10.8 Å². The Morgan fingerprint density at radius 2 is 1.24 bits per heavy atom. The number of pyridine rings is 2. The Hall–Kier alpha value is -2.66. The van der Waals surface area contributed by atoms with E-state index >= 15 is 0 Å². The van der Waals surface area contributed by atoms with E-state index in [9.17, 15) is 9.59 Å². The zero-order valence-corrected chi connectivity index (χ0v) is 11.4. The fraction of sp³-hybridized carbons (Fsp3) is 0. The van der Waals surface area contributed by atoms with Crippen molar-refractivity contribution in [1.82, 2.24) is 9.97 Å². The molecule has 98 valence electrons. The lowest BCUT2D eigenvalue weighted by molar-refractivity contribution is 1.43. The lowest BCUT2D eigenvalue weighted by Gasteiger charge is -1.90. The molecule has 0 atom stereocenters. The van der Waals surface area contributed by atoms with E-state index in [-0.39, 0.29) is 10.9 Å². The number of aromatic nitrogens is 2. The van der Waals surface area contributed by atoms with Gasteiger partial charge in [0.1, 0.15) is 0 Å². The van der Waals surface area contributed by atoms with E-state index in [0.29, 0.717) is 31.2 Å². The summed E-state index contributed by atoms with van der Waals surface area (Å²) in [7, 11) is 0. The molecule has 0 amide bonds. The first-order valence-corrected chi connectivity index (χ1v) is 7.26. The average Bonchev–Trinajstić information content (AvgIpc) is 3.12. The summed E-state index contributed by atoms with van der Waals surface area (Å²) >= 11 is 1.26. The molecule has 0 bridgehead atoms. The van der Waals surface area contributed by atoms with Crippen LogP contribution in [0.15, 0.2) is 46.2 Å². The monoisotopic (exact) mass is 290 g/mol. The van der Waals surface area contributed by atoms with Crippen LogP contribution in [0.5, 0.6) is 0 Å². The predicted octanol–water partition coefficient (Wildman–Crippen LogP) is 2.75. The van der Waals surface area contributed by atoms with Crippen molar-refractivity contribution in [2.75, 3.05) is 0 Å². The minimum atomic E-state index is -0.0437. The molecule has 0 aliphatic rings. The molecule has 5 heteroatoms. The van der Waals surface area contributed by atoms with Gasteiger partial charge in [0.25, 0.3) is 0 Å². The molecule has 0 N–H and O–H groups in total. The summed E-state index contributed by atoms with van der Waals surface area (Å²) in [5.74, 6) is 0. The van der Waals surface area contributed by atoms with Crippen LogP contribution < -0.4 is 10.9 Å². The Morgan fingerprint density at radius 1 is 0.762 bits per heavy atom. The van der Waals surface area contributed by atoms with Gasteiger partial charge in [-0.25, -0.2) is 0 Å². The highest BCUT2D eigenvalue weighted by Gasteiger charge is 2.22. The molecule has 0 aliphatic carbocycles. The summed E-state index contributed by atoms with van der Waals surface area (Å²) in [4.78, 5) is 33.6. The normalized spacial score (nSPS) is 12.2. The van der Waals surface area contributed by atoms with Gasteiger partial charge in [0.2, 0.25) is 10.9 Å². The molecule has 0 unspecified atom stereocenters. The second-order valence-corrected chi connectivity index (χ2v) is 5.99. The van der Waals surface area contributed by atoms with Gasteiger partial charge in [0, 0.05) is 33.9 Å². The van der Waals surface area contributed by atoms with Gasteiger partial charge in [-0.05, 0) is 24.3 Å². The first-order valence-electron chi connectivity index (χ1n) is 6.44. The molecule has 0 aliphatic heterocycles. The van der Waals surface area contributed by atoms with Crippen LogP contribution in [0, 0.1) is 0 Å². The van der Waals surface area contributed by atoms with Crippen molar-refractivity contribution < 1.29 is 0 Å². The van der Waals surface area contributed by atoms with Crippen LogP contribution in [0.3, 0.4) is 0 Å². The summed E-state index contributed by atoms with van der Waals surface area (Å²) in [6, 6.07) is 7.06. The molecular weight excluding hydrogens is 284 g/mol. The van der Waals surface area contributed by atoms with Crippen LogP contribution in [0.1, 0.15) is 0 Å². The minimum Gasteiger partial charge on any atom is -0.288 e. The van der Waals surface area contributed by atoms with Crippen LogP contribution >= 0.6 is 11.3 Å². The predicted molar refractivity (Wildman–Crippen MR) is 84.8 cm³/mol. The van der Waals surface area contributed by atoms with Gasteiger partial charge in [-0.3, -0.25) is 19.6 Å². The molecule has 0 saturated carbocycles. The summed E-state index contributed by atoms with van der Waals surface area (Å²) < 4.78 is 1.22. The van der Waals surface area contributed by atoms with E-state index in [4.69, 9.17) is 0 Å². The van der Waals surface area contributed by atoms with E-state index in [1.165, 1.54) is 11.3 Å². The molecule has 0 radical (unpaired) electrons. The third-order valence-corrected chi connectivity index (χ3v) is 5.09. The van der Waals surface area contributed by atoms with Crippen molar-refractivity contribution in [2.24, 2.45) is 0 Å². The average molecular weight is 290 g/mol. The number of hydrogen-bond donors (Lipinski definition) is 0. The van der Waals surface area contributed by atoms with Crippen molar-refractivity contribution in [3.63, 3.8) is 0 Å². The van der Waals surface area contributed by atoms with Gasteiger partial charge < -0.3 is 0 Å². The quantitative estimate of drug-likeness (QED) is 0.440. The Morgan fingerprint density at radius 3 is 1.71 bits per heavy atom. The van der Waals surface area contributed by atoms with E-state index < -0.39 is 0 Å². The number of thiophene rings is 1. The van der Waals surface area contributed by atoms with Crippen molar-refractivity contribution >= 4 is 53.3 Å². The summed E-state index contributed by atoms with van der Waals surface area (Å²) in [6.07, 6.45) is 3.34. The largest absolute Gasteiger partial charge is 0.288 e. The van der Waals surface area contributed by atoms with Crippen LogP contribution in [-0.4, -0.2) is 9.97 Å². The van der Waals surface area contributed by atoms with E-state index in [1.54, 1.807) is 36.7 Å². The lowest BCUT2D eigenvalue weighted by Crippen LogP contribution is -1.93. The molecule has 5 aromatic rings. The summed E-state index contributed by atoms with van der Waals surface area (Å²) in [6.45, 7) is 0. The first kappa shape index (κ1) is 11.0. The minimum absolute atomic E-state index is 0.0437. The van der Waals surface area contributed by atoms with Gasteiger partial charge in [0.05, 0.1) is 20.4 Å². The van der Waals surface area contributed by atoms with Crippen LogP contribution in [0.25, 0.3) is 42.0 Å². The third kappa shape index (κ3) is 1.16. The second-order valence-electron chi connectivity index (χ2n) is 4.97. The Bertz CT molecular complexity index is 1180. The zero-order chi connectivity index (χ0) is 14.1. The van der Waals surface area contributed by atoms with E-state index in [1.807, 2.05) is 0 Å². The van der Waals surface area contributed by atoms with Crippen LogP contribution in [0.2, 0.25) is 0 Å². The molecule has 5 rings (SSSR count). The van der Waals surface area contributed by atoms with Gasteiger partial charge >= 0.3 is 0 Å². The second kappa shape index (κ2) is 3.51. The topological polar surface area (TPSA) is 59.9 Å². The maximum absolute atomic E-state index is 12.5. The Kier molecular flexibility index (Phi) is 1.84. The highest BCUT2D eigenvalue weighted by molar-refractivity contribution is 7.26. The van der Waals surface area contributed by atoms with Crippen molar-refractivity contribution in [3.8, 4) is 0 Å².